The molecule has 254 valence electrons. The lowest BCUT2D eigenvalue weighted by Gasteiger charge is -2.41. The Morgan fingerprint density at radius 1 is 0.917 bits per heavy atom. The molecule has 1 fully saturated rings. The third-order valence-electron chi connectivity index (χ3n) is 8.44. The van der Waals surface area contributed by atoms with Crippen LogP contribution in [0.2, 0.25) is 0 Å². The van der Waals surface area contributed by atoms with Crippen molar-refractivity contribution in [2.75, 3.05) is 12.3 Å². The molecule has 12 heteroatoms. The molecular formula is C36H44N6O5S. The minimum atomic E-state index is -0.604. The summed E-state index contributed by atoms with van der Waals surface area (Å²) in [5, 5.41) is 27.9. The number of nitrogens with one attached hydrogen (secondary N) is 2. The lowest BCUT2D eigenvalue weighted by atomic mass is 9.91. The van der Waals surface area contributed by atoms with E-state index in [1.165, 1.54) is 6.92 Å². The number of benzene rings is 3. The van der Waals surface area contributed by atoms with E-state index in [0.29, 0.717) is 25.3 Å². The number of aliphatic hydroxyl groups is 1. The number of hydrogen-bond donors (Lipinski definition) is 3. The quantitative estimate of drug-likeness (QED) is 0.114. The Hall–Kier alpha value is -4.10. The number of aliphatic hydroxyl groups excluding tert-OH is 1. The lowest BCUT2D eigenvalue weighted by molar-refractivity contribution is -0.268. The Labute approximate surface area is 285 Å². The van der Waals surface area contributed by atoms with Crippen LogP contribution in [0.5, 0.6) is 0 Å². The molecular weight excluding hydrogens is 629 g/mol. The Balaban J connectivity index is 1.26. The first kappa shape index (κ1) is 35.2. The van der Waals surface area contributed by atoms with Gasteiger partial charge >= 0.3 is 0 Å². The summed E-state index contributed by atoms with van der Waals surface area (Å²) in [5.74, 6) is 0.671. The molecule has 1 saturated heterocycles. The zero-order chi connectivity index (χ0) is 33.9. The van der Waals surface area contributed by atoms with Crippen LogP contribution in [-0.2, 0) is 39.3 Å². The summed E-state index contributed by atoms with van der Waals surface area (Å²) in [5.41, 5.74) is 5.84. The number of rotatable bonds is 15. The molecule has 2 amide bonds. The Morgan fingerprint density at radius 3 is 2.42 bits per heavy atom. The first-order valence-electron chi connectivity index (χ1n) is 16.4. The van der Waals surface area contributed by atoms with Crippen LogP contribution in [-0.4, -0.2) is 55.5 Å². The smallest absolute Gasteiger partial charge is 0.220 e. The van der Waals surface area contributed by atoms with Gasteiger partial charge in [-0.3, -0.25) is 9.59 Å². The van der Waals surface area contributed by atoms with Crippen LogP contribution in [0.3, 0.4) is 0 Å². The van der Waals surface area contributed by atoms with E-state index in [0.717, 1.165) is 57.8 Å². The van der Waals surface area contributed by atoms with Gasteiger partial charge in [0.05, 0.1) is 18.8 Å². The summed E-state index contributed by atoms with van der Waals surface area (Å²) in [6.45, 7) is 4.72. The molecule has 3 N–H and O–H groups in total. The molecule has 1 aliphatic rings. The molecule has 4 aromatic rings. The molecule has 0 spiro atoms. The number of nitrogens with zero attached hydrogens (tertiary/aromatic N) is 4. The summed E-state index contributed by atoms with van der Waals surface area (Å²) >= 11 is 1.55. The van der Waals surface area contributed by atoms with E-state index in [4.69, 9.17) is 9.47 Å². The summed E-state index contributed by atoms with van der Waals surface area (Å²) < 4.78 is 15.0. The van der Waals surface area contributed by atoms with Gasteiger partial charge in [0.15, 0.2) is 6.29 Å². The molecule has 11 nitrogen and oxygen atoms in total. The largest absolute Gasteiger partial charge is 0.392 e. The third kappa shape index (κ3) is 9.72. The first-order valence-corrected chi connectivity index (χ1v) is 17.4. The van der Waals surface area contributed by atoms with Crippen LogP contribution in [0.4, 0.5) is 0 Å². The molecule has 48 heavy (non-hydrogen) atoms. The van der Waals surface area contributed by atoms with Gasteiger partial charge < -0.3 is 25.2 Å². The van der Waals surface area contributed by atoms with Crippen molar-refractivity contribution in [2.24, 2.45) is 13.0 Å². The Kier molecular flexibility index (Phi) is 12.7. The summed E-state index contributed by atoms with van der Waals surface area (Å²) in [6, 6.07) is 24.2. The van der Waals surface area contributed by atoms with Gasteiger partial charge in [-0.15, -0.1) is 5.10 Å². The highest BCUT2D eigenvalue weighted by Gasteiger charge is 2.38. The molecule has 2 heterocycles. The second-order valence-electron chi connectivity index (χ2n) is 12.1. The number of ether oxygens (including phenoxy) is 2. The maximum atomic E-state index is 12.4. The predicted molar refractivity (Wildman–Crippen MR) is 183 cm³/mol. The van der Waals surface area contributed by atoms with Crippen molar-refractivity contribution in [1.29, 1.82) is 0 Å². The van der Waals surface area contributed by atoms with Gasteiger partial charge in [-0.2, -0.15) is 0 Å². The average Bonchev–Trinajstić information content (AvgIpc) is 3.52. The van der Waals surface area contributed by atoms with E-state index < -0.39 is 6.29 Å². The minimum Gasteiger partial charge on any atom is -0.392 e. The van der Waals surface area contributed by atoms with Crippen LogP contribution >= 0.6 is 11.8 Å². The van der Waals surface area contributed by atoms with Crippen LogP contribution in [0, 0.1) is 5.92 Å². The highest BCUT2D eigenvalue weighted by molar-refractivity contribution is 7.99. The standard InChI is InChI=1S/C36H44N6O5S/c1-24-32(23-48-36-39-40-41-42(36)3)46-35(47-34(24)28-16-14-26(22-43)15-17-28)31-12-8-11-30(20-31)29-10-7-9-27(19-29)21-38-33(45)13-5-4-6-18-37-25(2)44/h7-12,14-17,19-20,24,32,34-35,43H,4-6,13,18,21-23H2,1-3H3,(H,37,44)(H,38,45). The second-order valence-corrected chi connectivity index (χ2v) is 13.1. The zero-order valence-corrected chi connectivity index (χ0v) is 28.5. The minimum absolute atomic E-state index is 0.0133. The lowest BCUT2D eigenvalue weighted by Crippen LogP contribution is -2.38. The van der Waals surface area contributed by atoms with Gasteiger partial charge in [-0.25, -0.2) is 4.68 Å². The average molecular weight is 673 g/mol. The molecule has 0 radical (unpaired) electrons. The van der Waals surface area contributed by atoms with Crippen LogP contribution in [0.1, 0.15) is 74.2 Å². The monoisotopic (exact) mass is 672 g/mol. The number of aromatic nitrogens is 4. The number of carbonyl (C=O) groups excluding carboxylic acids is 2. The number of amides is 2. The predicted octanol–water partition coefficient (Wildman–Crippen LogP) is 5.27. The van der Waals surface area contributed by atoms with Gasteiger partial charge in [0, 0.05) is 50.7 Å². The van der Waals surface area contributed by atoms with Crippen molar-refractivity contribution >= 4 is 23.6 Å². The molecule has 1 aromatic heterocycles. The zero-order valence-electron chi connectivity index (χ0n) is 27.7. The molecule has 4 unspecified atom stereocenters. The van der Waals surface area contributed by atoms with Crippen LogP contribution in [0.15, 0.2) is 78.0 Å². The normalized spacial score (nSPS) is 19.2. The fourth-order valence-electron chi connectivity index (χ4n) is 5.68. The number of hydrogen-bond acceptors (Lipinski definition) is 9. The van der Waals surface area contributed by atoms with Gasteiger partial charge in [-0.1, -0.05) is 85.8 Å². The molecule has 4 atom stereocenters. The van der Waals surface area contributed by atoms with E-state index in [-0.39, 0.29) is 36.5 Å². The SMILES string of the molecule is CC(=O)NCCCCCC(=O)NCc1cccc(-c2cccc(C3OC(CSc4nnnn4C)C(C)C(c4ccc(CO)cc4)O3)c2)c1. The van der Waals surface area contributed by atoms with Crippen molar-refractivity contribution in [3.63, 3.8) is 0 Å². The Bertz CT molecular complexity index is 1650. The maximum Gasteiger partial charge on any atom is 0.220 e. The summed E-state index contributed by atoms with van der Waals surface area (Å²) in [6.07, 6.45) is 2.02. The van der Waals surface area contributed by atoms with Crippen molar-refractivity contribution in [3.8, 4) is 11.1 Å². The second kappa shape index (κ2) is 17.3. The first-order chi connectivity index (χ1) is 23.3. The molecule has 0 saturated carbocycles. The fraction of sp³-hybridized carbons (Fsp3) is 0.417. The fourth-order valence-corrected chi connectivity index (χ4v) is 6.69. The van der Waals surface area contributed by atoms with E-state index in [2.05, 4.69) is 57.3 Å². The molecule has 5 rings (SSSR count). The molecule has 0 aliphatic carbocycles. The van der Waals surface area contributed by atoms with E-state index in [9.17, 15) is 14.7 Å². The number of tetrazole rings is 1. The Morgan fingerprint density at radius 2 is 1.69 bits per heavy atom. The summed E-state index contributed by atoms with van der Waals surface area (Å²) in [7, 11) is 1.82. The highest BCUT2D eigenvalue weighted by Crippen LogP contribution is 2.43. The highest BCUT2D eigenvalue weighted by atomic mass is 32.2. The van der Waals surface area contributed by atoms with Gasteiger partial charge in [-0.05, 0) is 63.2 Å². The number of unbranched alkanes of at least 4 members (excludes halogenated alkanes) is 2. The molecule has 3 aromatic carbocycles. The van der Waals surface area contributed by atoms with Crippen molar-refractivity contribution < 1.29 is 24.2 Å². The maximum absolute atomic E-state index is 12.4. The van der Waals surface area contributed by atoms with E-state index in [1.807, 2.05) is 55.6 Å². The molecule has 0 bridgehead atoms. The number of carbonyl (C=O) groups is 2. The van der Waals surface area contributed by atoms with Crippen LogP contribution in [0.25, 0.3) is 11.1 Å². The van der Waals surface area contributed by atoms with Gasteiger partial charge in [0.1, 0.15) is 0 Å². The third-order valence-corrected chi connectivity index (χ3v) is 9.54. The van der Waals surface area contributed by atoms with Gasteiger partial charge in [0.25, 0.3) is 0 Å². The van der Waals surface area contributed by atoms with Gasteiger partial charge in [0.2, 0.25) is 17.0 Å². The van der Waals surface area contributed by atoms with E-state index >= 15 is 0 Å². The van der Waals surface area contributed by atoms with Crippen molar-refractivity contribution in [3.05, 3.63) is 95.1 Å². The topological polar surface area (TPSA) is 140 Å². The van der Waals surface area contributed by atoms with E-state index in [1.54, 1.807) is 16.4 Å². The number of aryl methyl sites for hydroxylation is 1. The summed E-state index contributed by atoms with van der Waals surface area (Å²) in [4.78, 5) is 23.4. The van der Waals surface area contributed by atoms with Crippen molar-refractivity contribution in [2.45, 2.75) is 76.3 Å². The number of thioether (sulfide) groups is 1. The molecule has 1 aliphatic heterocycles. The van der Waals surface area contributed by atoms with Crippen molar-refractivity contribution in [1.82, 2.24) is 30.8 Å². The van der Waals surface area contributed by atoms with Crippen LogP contribution < -0.4 is 10.6 Å².